The molecule has 0 spiro atoms. The second kappa shape index (κ2) is 10.1. The van der Waals surface area contributed by atoms with Crippen LogP contribution >= 0.6 is 0 Å². The van der Waals surface area contributed by atoms with Crippen LogP contribution in [-0.4, -0.2) is 64.1 Å². The normalized spacial score (nSPS) is 22.9. The van der Waals surface area contributed by atoms with Crippen molar-refractivity contribution in [1.29, 1.82) is 0 Å². The minimum Gasteiger partial charge on any atom is -0.395 e. The molecule has 2 aliphatic heterocycles. The van der Waals surface area contributed by atoms with Crippen LogP contribution in [0.5, 0.6) is 0 Å². The summed E-state index contributed by atoms with van der Waals surface area (Å²) in [4.78, 5) is 21.9. The van der Waals surface area contributed by atoms with Crippen LogP contribution in [0.25, 0.3) is 11.1 Å². The Bertz CT molecular complexity index is 1120. The molecule has 5 rings (SSSR count). The number of aliphatic hydroxyl groups excluding tert-OH is 1. The largest absolute Gasteiger partial charge is 0.395 e. The Morgan fingerprint density at radius 2 is 1.76 bits per heavy atom. The van der Waals surface area contributed by atoms with Crippen LogP contribution in [0.3, 0.4) is 0 Å². The first-order valence-corrected chi connectivity index (χ1v) is 12.4. The Hall–Kier alpha value is -3.02. The summed E-state index contributed by atoms with van der Waals surface area (Å²) in [6, 6.07) is 23.3. The molecule has 3 aromatic rings. The molecule has 2 saturated heterocycles. The quantitative estimate of drug-likeness (QED) is 0.631. The molecule has 176 valence electrons. The minimum atomic E-state index is 0.111. The zero-order valence-corrected chi connectivity index (χ0v) is 19.8. The lowest BCUT2D eigenvalue weighted by Gasteiger charge is -2.57. The molecular weight excluding hydrogens is 422 g/mol. The molecule has 0 bridgehead atoms. The summed E-state index contributed by atoms with van der Waals surface area (Å²) in [6.45, 7) is 4.75. The van der Waals surface area contributed by atoms with Gasteiger partial charge in [0.25, 0.3) is 0 Å². The van der Waals surface area contributed by atoms with E-state index >= 15 is 0 Å². The molecule has 1 amide bonds. The standard InChI is InChI=1S/C29H33N3O2/c1-21-8-2-3-10-25(21)22-11-13-23(14-12-22)29-26-19-31(16-6-7-17-32(26)27(29)20-33)28(34)18-24-9-4-5-15-30-24/h2-5,8-15,26-27,29,33H,6-7,16-20H2,1H3/t26-,27+,29+/m0/s1. The van der Waals surface area contributed by atoms with Gasteiger partial charge in [-0.2, -0.15) is 0 Å². The predicted molar refractivity (Wildman–Crippen MR) is 134 cm³/mol. The van der Waals surface area contributed by atoms with Gasteiger partial charge in [-0.05, 0) is 60.7 Å². The van der Waals surface area contributed by atoms with Crippen molar-refractivity contribution >= 4 is 5.91 Å². The Morgan fingerprint density at radius 1 is 1.00 bits per heavy atom. The van der Waals surface area contributed by atoms with Crippen molar-refractivity contribution in [3.63, 3.8) is 0 Å². The third-order valence-electron chi connectivity index (χ3n) is 7.53. The summed E-state index contributed by atoms with van der Waals surface area (Å²) in [6.07, 6.45) is 4.11. The van der Waals surface area contributed by atoms with E-state index in [0.29, 0.717) is 13.0 Å². The van der Waals surface area contributed by atoms with Crippen LogP contribution < -0.4 is 0 Å². The second-order valence-electron chi connectivity index (χ2n) is 9.56. The van der Waals surface area contributed by atoms with E-state index in [2.05, 4.69) is 65.3 Å². The van der Waals surface area contributed by atoms with Crippen LogP contribution in [0.4, 0.5) is 0 Å². The van der Waals surface area contributed by atoms with E-state index in [1.807, 2.05) is 23.1 Å². The van der Waals surface area contributed by atoms with Crippen molar-refractivity contribution < 1.29 is 9.90 Å². The molecule has 2 aliphatic rings. The summed E-state index contributed by atoms with van der Waals surface area (Å²) in [7, 11) is 0. The fourth-order valence-corrected chi connectivity index (χ4v) is 5.72. The first-order chi connectivity index (χ1) is 16.7. The van der Waals surface area contributed by atoms with E-state index in [9.17, 15) is 9.90 Å². The van der Waals surface area contributed by atoms with Gasteiger partial charge >= 0.3 is 0 Å². The van der Waals surface area contributed by atoms with Crippen molar-refractivity contribution in [2.24, 2.45) is 0 Å². The van der Waals surface area contributed by atoms with Crippen molar-refractivity contribution in [1.82, 2.24) is 14.8 Å². The fourth-order valence-electron chi connectivity index (χ4n) is 5.72. The number of aromatic nitrogens is 1. The van der Waals surface area contributed by atoms with Gasteiger partial charge in [-0.15, -0.1) is 0 Å². The lowest BCUT2D eigenvalue weighted by atomic mass is 9.74. The fraction of sp³-hybridized carbons (Fsp3) is 0.379. The molecule has 0 unspecified atom stereocenters. The third-order valence-corrected chi connectivity index (χ3v) is 7.53. The minimum absolute atomic E-state index is 0.111. The van der Waals surface area contributed by atoms with E-state index < -0.39 is 0 Å². The molecule has 1 aromatic heterocycles. The topological polar surface area (TPSA) is 56.7 Å². The average Bonchev–Trinajstić information content (AvgIpc) is 2.84. The summed E-state index contributed by atoms with van der Waals surface area (Å²) in [5.74, 6) is 0.362. The summed E-state index contributed by atoms with van der Waals surface area (Å²) < 4.78 is 0. The van der Waals surface area contributed by atoms with Gasteiger partial charge in [-0.25, -0.2) is 0 Å². The van der Waals surface area contributed by atoms with Gasteiger partial charge in [0.05, 0.1) is 13.0 Å². The monoisotopic (exact) mass is 455 g/mol. The van der Waals surface area contributed by atoms with Gasteiger partial charge in [0.15, 0.2) is 0 Å². The number of hydrogen-bond donors (Lipinski definition) is 1. The van der Waals surface area contributed by atoms with Gasteiger partial charge in [-0.1, -0.05) is 54.6 Å². The van der Waals surface area contributed by atoms with Gasteiger partial charge in [0.1, 0.15) is 0 Å². The molecule has 34 heavy (non-hydrogen) atoms. The molecule has 0 aliphatic carbocycles. The zero-order valence-electron chi connectivity index (χ0n) is 19.8. The number of aliphatic hydroxyl groups is 1. The molecule has 0 radical (unpaired) electrons. The molecule has 1 N–H and O–H groups in total. The van der Waals surface area contributed by atoms with Crippen LogP contribution in [0.15, 0.2) is 72.9 Å². The lowest BCUT2D eigenvalue weighted by molar-refractivity contribution is -0.135. The molecule has 0 saturated carbocycles. The third kappa shape index (κ3) is 4.50. The van der Waals surface area contributed by atoms with E-state index in [0.717, 1.165) is 31.6 Å². The Labute approximate surface area is 202 Å². The molecule has 5 nitrogen and oxygen atoms in total. The Morgan fingerprint density at radius 3 is 2.50 bits per heavy atom. The smallest absolute Gasteiger partial charge is 0.228 e. The first kappa shape index (κ1) is 22.8. The molecule has 2 aromatic carbocycles. The lowest BCUT2D eigenvalue weighted by Crippen LogP contribution is -2.68. The predicted octanol–water partition coefficient (Wildman–Crippen LogP) is 4.05. The Kier molecular flexibility index (Phi) is 6.75. The van der Waals surface area contributed by atoms with Crippen LogP contribution in [0.2, 0.25) is 0 Å². The second-order valence-corrected chi connectivity index (χ2v) is 9.56. The number of benzene rings is 2. The molecule has 2 fully saturated rings. The molecular formula is C29H33N3O2. The van der Waals surface area contributed by atoms with Gasteiger partial charge in [-0.3, -0.25) is 14.7 Å². The number of carbonyl (C=O) groups excluding carboxylic acids is 1. The number of amides is 1. The maximum Gasteiger partial charge on any atom is 0.228 e. The van der Waals surface area contributed by atoms with Crippen LogP contribution in [0.1, 0.15) is 35.6 Å². The van der Waals surface area contributed by atoms with Gasteiger partial charge in [0.2, 0.25) is 5.91 Å². The van der Waals surface area contributed by atoms with Gasteiger partial charge < -0.3 is 10.0 Å². The SMILES string of the molecule is Cc1ccccc1-c1ccc([C@H]2[C@@H](CO)N3CCCCN(C(=O)Cc4ccccn4)C[C@@H]23)cc1. The van der Waals surface area contributed by atoms with Crippen molar-refractivity contribution in [2.75, 3.05) is 26.2 Å². The summed E-state index contributed by atoms with van der Waals surface area (Å²) in [5, 5.41) is 10.2. The maximum atomic E-state index is 13.2. The number of aryl methyl sites for hydroxylation is 1. The number of fused-ring (bicyclic) bond motifs is 1. The Balaban J connectivity index is 1.36. The highest BCUT2D eigenvalue weighted by atomic mass is 16.3. The number of carbonyl (C=O) groups is 1. The molecule has 3 heterocycles. The number of rotatable bonds is 5. The number of pyridine rings is 1. The summed E-state index contributed by atoms with van der Waals surface area (Å²) in [5.41, 5.74) is 5.79. The zero-order chi connectivity index (χ0) is 23.5. The van der Waals surface area contributed by atoms with Crippen molar-refractivity contribution in [2.45, 2.75) is 44.2 Å². The first-order valence-electron chi connectivity index (χ1n) is 12.4. The highest BCUT2D eigenvalue weighted by molar-refractivity contribution is 5.78. The van der Waals surface area contributed by atoms with E-state index in [1.165, 1.54) is 22.3 Å². The van der Waals surface area contributed by atoms with Crippen molar-refractivity contribution in [3.05, 3.63) is 89.7 Å². The van der Waals surface area contributed by atoms with Crippen LogP contribution in [-0.2, 0) is 11.2 Å². The van der Waals surface area contributed by atoms with Crippen molar-refractivity contribution in [3.8, 4) is 11.1 Å². The summed E-state index contributed by atoms with van der Waals surface area (Å²) >= 11 is 0. The van der Waals surface area contributed by atoms with E-state index in [-0.39, 0.29) is 30.5 Å². The van der Waals surface area contributed by atoms with E-state index in [1.54, 1.807) is 6.20 Å². The van der Waals surface area contributed by atoms with Crippen LogP contribution in [0, 0.1) is 6.92 Å². The highest BCUT2D eigenvalue weighted by Crippen LogP contribution is 2.42. The van der Waals surface area contributed by atoms with E-state index in [4.69, 9.17) is 0 Å². The molecule has 5 heteroatoms. The number of hydrogen-bond acceptors (Lipinski definition) is 4. The number of nitrogens with zero attached hydrogens (tertiary/aromatic N) is 3. The van der Waals surface area contributed by atoms with Gasteiger partial charge in [0, 0.05) is 43.0 Å². The average molecular weight is 456 g/mol. The highest BCUT2D eigenvalue weighted by Gasteiger charge is 2.49. The maximum absolute atomic E-state index is 13.2. The molecule has 3 atom stereocenters.